The van der Waals surface area contributed by atoms with E-state index in [1.54, 1.807) is 11.3 Å². The van der Waals surface area contributed by atoms with Gasteiger partial charge in [0.05, 0.1) is 10.7 Å². The van der Waals surface area contributed by atoms with Gasteiger partial charge in [-0.25, -0.2) is 4.98 Å². The first-order valence-corrected chi connectivity index (χ1v) is 8.30. The van der Waals surface area contributed by atoms with Gasteiger partial charge in [0.2, 0.25) is 0 Å². The van der Waals surface area contributed by atoms with Gasteiger partial charge in [0.1, 0.15) is 0 Å². The minimum absolute atomic E-state index is 0.317. The van der Waals surface area contributed by atoms with Crippen LogP contribution in [-0.4, -0.2) is 17.6 Å². The standard InChI is InChI=1S/C15H18Cl2N2S/c1-3-18-13(8-14-9-20-10(2)19-14)7-11-6-12(16)4-5-15(11)17/h4-6,9,13,18H,3,7-8H2,1-2H3. The largest absolute Gasteiger partial charge is 0.314 e. The maximum Gasteiger partial charge on any atom is 0.0897 e. The van der Waals surface area contributed by atoms with Crippen molar-refractivity contribution in [3.8, 4) is 0 Å². The average Bonchev–Trinajstić information content (AvgIpc) is 2.79. The number of hydrogen-bond donors (Lipinski definition) is 1. The lowest BCUT2D eigenvalue weighted by atomic mass is 10.0. The van der Waals surface area contributed by atoms with Crippen LogP contribution >= 0.6 is 34.5 Å². The van der Waals surface area contributed by atoms with Crippen molar-refractivity contribution in [3.05, 3.63) is 49.9 Å². The fourth-order valence-corrected chi connectivity index (χ4v) is 3.24. The summed E-state index contributed by atoms with van der Waals surface area (Å²) >= 11 is 14.0. The van der Waals surface area contributed by atoms with Crippen molar-refractivity contribution in [3.63, 3.8) is 0 Å². The molecule has 1 N–H and O–H groups in total. The Balaban J connectivity index is 2.10. The lowest BCUT2D eigenvalue weighted by Gasteiger charge is -2.18. The zero-order chi connectivity index (χ0) is 14.5. The van der Waals surface area contributed by atoms with Crippen LogP contribution in [-0.2, 0) is 12.8 Å². The molecule has 0 aliphatic rings. The monoisotopic (exact) mass is 328 g/mol. The van der Waals surface area contributed by atoms with E-state index in [1.165, 1.54) is 0 Å². The van der Waals surface area contributed by atoms with Gasteiger partial charge in [-0.15, -0.1) is 11.3 Å². The highest BCUT2D eigenvalue weighted by Crippen LogP contribution is 2.23. The Morgan fingerprint density at radius 1 is 1.30 bits per heavy atom. The number of nitrogens with one attached hydrogen (secondary N) is 1. The van der Waals surface area contributed by atoms with E-state index in [-0.39, 0.29) is 0 Å². The second-order valence-electron chi connectivity index (χ2n) is 4.76. The third-order valence-electron chi connectivity index (χ3n) is 3.09. The maximum absolute atomic E-state index is 6.25. The van der Waals surface area contributed by atoms with Gasteiger partial charge in [0, 0.05) is 27.9 Å². The highest BCUT2D eigenvalue weighted by molar-refractivity contribution is 7.09. The first kappa shape index (κ1) is 15.8. The van der Waals surface area contributed by atoms with Gasteiger partial charge in [0.15, 0.2) is 0 Å². The normalized spacial score (nSPS) is 12.6. The molecule has 5 heteroatoms. The van der Waals surface area contributed by atoms with Gasteiger partial charge in [0.25, 0.3) is 0 Å². The van der Waals surface area contributed by atoms with E-state index in [1.807, 2.05) is 25.1 Å². The number of aromatic nitrogens is 1. The van der Waals surface area contributed by atoms with Crippen LogP contribution in [0.2, 0.25) is 10.0 Å². The first-order valence-electron chi connectivity index (χ1n) is 6.66. The summed E-state index contributed by atoms with van der Waals surface area (Å²) in [6.45, 7) is 5.06. The van der Waals surface area contributed by atoms with E-state index >= 15 is 0 Å². The smallest absolute Gasteiger partial charge is 0.0897 e. The van der Waals surface area contributed by atoms with E-state index in [2.05, 4.69) is 22.6 Å². The van der Waals surface area contributed by atoms with Crippen LogP contribution in [0.25, 0.3) is 0 Å². The van der Waals surface area contributed by atoms with Gasteiger partial charge < -0.3 is 5.32 Å². The summed E-state index contributed by atoms with van der Waals surface area (Å²) in [6.07, 6.45) is 1.75. The van der Waals surface area contributed by atoms with Crippen molar-refractivity contribution in [1.29, 1.82) is 0 Å². The van der Waals surface area contributed by atoms with Crippen LogP contribution in [0.4, 0.5) is 0 Å². The predicted octanol–water partition coefficient (Wildman–Crippen LogP) is 4.52. The molecule has 1 unspecified atom stereocenters. The summed E-state index contributed by atoms with van der Waals surface area (Å²) in [5.74, 6) is 0. The van der Waals surface area contributed by atoms with E-state index in [0.29, 0.717) is 6.04 Å². The van der Waals surface area contributed by atoms with Crippen LogP contribution in [0.3, 0.4) is 0 Å². The number of likely N-dealkylation sites (N-methyl/N-ethyl adjacent to an activating group) is 1. The highest BCUT2D eigenvalue weighted by atomic mass is 35.5. The molecule has 0 saturated carbocycles. The van der Waals surface area contributed by atoms with E-state index in [9.17, 15) is 0 Å². The summed E-state index contributed by atoms with van der Waals surface area (Å²) in [5.41, 5.74) is 2.22. The zero-order valence-corrected chi connectivity index (χ0v) is 13.9. The van der Waals surface area contributed by atoms with Crippen LogP contribution in [0.1, 0.15) is 23.2 Å². The molecule has 0 aliphatic heterocycles. The summed E-state index contributed by atoms with van der Waals surface area (Å²) in [4.78, 5) is 4.53. The third-order valence-corrected chi connectivity index (χ3v) is 4.52. The molecule has 0 bridgehead atoms. The molecule has 1 atom stereocenters. The second kappa shape index (κ2) is 7.41. The molecule has 0 spiro atoms. The summed E-state index contributed by atoms with van der Waals surface area (Å²) in [5, 5.41) is 8.23. The van der Waals surface area contributed by atoms with Gasteiger partial charge in [-0.1, -0.05) is 30.1 Å². The molecular formula is C15H18Cl2N2S. The fraction of sp³-hybridized carbons (Fsp3) is 0.400. The SMILES string of the molecule is CCNC(Cc1csc(C)n1)Cc1cc(Cl)ccc1Cl. The Morgan fingerprint density at radius 2 is 2.10 bits per heavy atom. The number of hydrogen-bond acceptors (Lipinski definition) is 3. The number of thiazole rings is 1. The highest BCUT2D eigenvalue weighted by Gasteiger charge is 2.13. The molecule has 1 heterocycles. The van der Waals surface area contributed by atoms with Gasteiger partial charge in [-0.2, -0.15) is 0 Å². The lowest BCUT2D eigenvalue weighted by molar-refractivity contribution is 0.517. The Hall–Kier alpha value is -0.610. The minimum Gasteiger partial charge on any atom is -0.314 e. The number of benzene rings is 1. The van der Waals surface area contributed by atoms with Crippen molar-refractivity contribution in [2.75, 3.05) is 6.54 Å². The van der Waals surface area contributed by atoms with Gasteiger partial charge >= 0.3 is 0 Å². The topological polar surface area (TPSA) is 24.9 Å². The second-order valence-corrected chi connectivity index (χ2v) is 6.66. The molecule has 0 fully saturated rings. The fourth-order valence-electron chi connectivity index (χ4n) is 2.22. The molecule has 0 aliphatic carbocycles. The zero-order valence-electron chi connectivity index (χ0n) is 11.6. The van der Waals surface area contributed by atoms with Crippen LogP contribution in [0.15, 0.2) is 23.6 Å². The number of rotatable bonds is 6. The van der Waals surface area contributed by atoms with Gasteiger partial charge in [-0.3, -0.25) is 0 Å². The summed E-state index contributed by atoms with van der Waals surface area (Å²) < 4.78 is 0. The quantitative estimate of drug-likeness (QED) is 0.843. The first-order chi connectivity index (χ1) is 9.58. The van der Waals surface area contributed by atoms with Crippen molar-refractivity contribution < 1.29 is 0 Å². The Kier molecular flexibility index (Phi) is 5.85. The van der Waals surface area contributed by atoms with Crippen molar-refractivity contribution in [2.24, 2.45) is 0 Å². The summed E-state index contributed by atoms with van der Waals surface area (Å²) in [6, 6.07) is 5.94. The molecule has 0 radical (unpaired) electrons. The number of halogens is 2. The Labute approximate surface area is 134 Å². The van der Waals surface area contributed by atoms with Gasteiger partial charge in [-0.05, 0) is 43.7 Å². The minimum atomic E-state index is 0.317. The molecule has 2 rings (SSSR count). The van der Waals surface area contributed by atoms with E-state index in [4.69, 9.17) is 23.2 Å². The Bertz CT molecular complexity index is 569. The van der Waals surface area contributed by atoms with Crippen LogP contribution in [0.5, 0.6) is 0 Å². The van der Waals surface area contributed by atoms with Crippen molar-refractivity contribution in [1.82, 2.24) is 10.3 Å². The third kappa shape index (κ3) is 4.45. The molecule has 1 aromatic carbocycles. The molecular weight excluding hydrogens is 311 g/mol. The summed E-state index contributed by atoms with van der Waals surface area (Å²) in [7, 11) is 0. The predicted molar refractivity (Wildman–Crippen MR) is 88.2 cm³/mol. The van der Waals surface area contributed by atoms with Crippen molar-refractivity contribution >= 4 is 34.5 Å². The number of aryl methyl sites for hydroxylation is 1. The van der Waals surface area contributed by atoms with E-state index < -0.39 is 0 Å². The molecule has 20 heavy (non-hydrogen) atoms. The molecule has 0 amide bonds. The van der Waals surface area contributed by atoms with Crippen LogP contribution < -0.4 is 5.32 Å². The average molecular weight is 329 g/mol. The Morgan fingerprint density at radius 3 is 2.75 bits per heavy atom. The molecule has 108 valence electrons. The molecule has 2 aromatic rings. The number of nitrogens with zero attached hydrogens (tertiary/aromatic N) is 1. The molecule has 0 saturated heterocycles. The van der Waals surface area contributed by atoms with Crippen molar-refractivity contribution in [2.45, 2.75) is 32.7 Å². The molecule has 1 aromatic heterocycles. The lowest BCUT2D eigenvalue weighted by Crippen LogP contribution is -2.33. The maximum atomic E-state index is 6.25. The molecule has 2 nitrogen and oxygen atoms in total. The van der Waals surface area contributed by atoms with Crippen LogP contribution in [0, 0.1) is 6.92 Å². The van der Waals surface area contributed by atoms with E-state index in [0.717, 1.165) is 45.7 Å².